The first-order chi connectivity index (χ1) is 8.33. The Bertz CT molecular complexity index is 595. The summed E-state index contributed by atoms with van der Waals surface area (Å²) in [5.74, 6) is -0.958. The molecule has 0 aliphatic carbocycles. The minimum absolute atomic E-state index is 0.00354. The molecule has 1 rings (SSSR count). The van der Waals surface area contributed by atoms with Crippen LogP contribution >= 0.6 is 27.5 Å². The van der Waals surface area contributed by atoms with E-state index < -0.39 is 15.8 Å². The fraction of sp³-hybridized carbons (Fsp3) is 0.182. The molecule has 0 N–H and O–H groups in total. The molecule has 0 unspecified atom stereocenters. The fourth-order valence-corrected chi connectivity index (χ4v) is 3.62. The second-order valence-corrected chi connectivity index (χ2v) is 6.62. The first-order valence-electron chi connectivity index (χ1n) is 4.74. The molecule has 0 radical (unpaired) electrons. The molecule has 0 aliphatic rings. The van der Waals surface area contributed by atoms with Crippen LogP contribution in [0.5, 0.6) is 0 Å². The van der Waals surface area contributed by atoms with Crippen molar-refractivity contribution in [1.82, 2.24) is 0 Å². The Labute approximate surface area is 119 Å². The Hall–Kier alpha value is -0.850. The molecule has 0 aromatic heterocycles. The summed E-state index contributed by atoms with van der Waals surface area (Å²) >= 11 is 9.07. The zero-order valence-corrected chi connectivity index (χ0v) is 12.6. The zero-order chi connectivity index (χ0) is 13.9. The molecule has 0 saturated heterocycles. The van der Waals surface area contributed by atoms with Gasteiger partial charge in [0.05, 0.1) is 28.3 Å². The van der Waals surface area contributed by atoms with Crippen LogP contribution in [0.15, 0.2) is 34.2 Å². The van der Waals surface area contributed by atoms with Crippen LogP contribution in [0.3, 0.4) is 0 Å². The lowest BCUT2D eigenvalue weighted by molar-refractivity contribution is 0.0600. The van der Waals surface area contributed by atoms with Gasteiger partial charge >= 0.3 is 5.97 Å². The number of methoxy groups -OCH3 is 1. The molecule has 0 fully saturated rings. The monoisotopic (exact) mass is 352 g/mol. The highest BCUT2D eigenvalue weighted by Crippen LogP contribution is 2.30. The molecule has 18 heavy (non-hydrogen) atoms. The van der Waals surface area contributed by atoms with E-state index >= 15 is 0 Å². The smallest absolute Gasteiger partial charge is 0.339 e. The molecule has 1 aromatic rings. The lowest BCUT2D eigenvalue weighted by atomic mass is 10.2. The van der Waals surface area contributed by atoms with E-state index in [0.717, 1.165) is 0 Å². The standard InChI is InChI=1S/C11H10BrClO4S/c1-3-4-18(15,16)9-6-7(12)5-8(10(9)13)11(14)17-2/h3,5-6H,1,4H2,2H3. The SMILES string of the molecule is C=CCS(=O)(=O)c1cc(Br)cc(C(=O)OC)c1Cl. The van der Waals surface area contributed by atoms with E-state index in [1.807, 2.05) is 0 Å². The number of hydrogen-bond acceptors (Lipinski definition) is 4. The summed E-state index contributed by atoms with van der Waals surface area (Å²) in [5, 5.41) is -0.146. The van der Waals surface area contributed by atoms with Gasteiger partial charge in [-0.3, -0.25) is 0 Å². The number of carbonyl (C=O) groups is 1. The van der Waals surface area contributed by atoms with Gasteiger partial charge in [-0.1, -0.05) is 33.6 Å². The lowest BCUT2D eigenvalue weighted by Crippen LogP contribution is -2.09. The molecular weight excluding hydrogens is 344 g/mol. The van der Waals surface area contributed by atoms with E-state index in [0.29, 0.717) is 4.47 Å². The van der Waals surface area contributed by atoms with Crippen LogP contribution in [0.2, 0.25) is 5.02 Å². The molecule has 98 valence electrons. The molecule has 0 spiro atoms. The highest BCUT2D eigenvalue weighted by atomic mass is 79.9. The van der Waals surface area contributed by atoms with Crippen molar-refractivity contribution in [3.8, 4) is 0 Å². The molecule has 0 atom stereocenters. The quantitative estimate of drug-likeness (QED) is 0.617. The summed E-state index contributed by atoms with van der Waals surface area (Å²) in [7, 11) is -2.42. The normalized spacial score (nSPS) is 11.1. The van der Waals surface area contributed by atoms with Gasteiger partial charge in [-0.05, 0) is 12.1 Å². The second-order valence-electron chi connectivity index (χ2n) is 3.33. The van der Waals surface area contributed by atoms with Crippen molar-refractivity contribution in [2.24, 2.45) is 0 Å². The third-order valence-corrected chi connectivity index (χ3v) is 4.73. The second kappa shape index (κ2) is 5.86. The zero-order valence-electron chi connectivity index (χ0n) is 9.44. The van der Waals surface area contributed by atoms with Crippen LogP contribution in [-0.2, 0) is 14.6 Å². The minimum atomic E-state index is -3.62. The van der Waals surface area contributed by atoms with E-state index in [1.54, 1.807) is 0 Å². The third kappa shape index (κ3) is 3.13. The van der Waals surface area contributed by atoms with E-state index in [2.05, 4.69) is 27.2 Å². The highest BCUT2D eigenvalue weighted by Gasteiger charge is 2.23. The van der Waals surface area contributed by atoms with Gasteiger partial charge in [0.2, 0.25) is 0 Å². The Morgan fingerprint density at radius 1 is 1.56 bits per heavy atom. The maximum absolute atomic E-state index is 11.9. The van der Waals surface area contributed by atoms with Gasteiger partial charge in [-0.2, -0.15) is 0 Å². The fourth-order valence-electron chi connectivity index (χ4n) is 1.29. The summed E-state index contributed by atoms with van der Waals surface area (Å²) in [4.78, 5) is 11.4. The molecule has 0 bridgehead atoms. The minimum Gasteiger partial charge on any atom is -0.465 e. The van der Waals surface area contributed by atoms with E-state index in [-0.39, 0.29) is 21.2 Å². The van der Waals surface area contributed by atoms with E-state index in [1.165, 1.54) is 25.3 Å². The maximum atomic E-state index is 11.9. The van der Waals surface area contributed by atoms with Gasteiger partial charge in [0.15, 0.2) is 9.84 Å². The predicted molar refractivity (Wildman–Crippen MR) is 72.7 cm³/mol. The number of rotatable bonds is 4. The van der Waals surface area contributed by atoms with Crippen LogP contribution in [0, 0.1) is 0 Å². The number of carbonyl (C=O) groups excluding carboxylic acids is 1. The van der Waals surface area contributed by atoms with Crippen molar-refractivity contribution >= 4 is 43.3 Å². The first kappa shape index (κ1) is 15.2. The van der Waals surface area contributed by atoms with Gasteiger partial charge in [-0.15, -0.1) is 6.58 Å². The predicted octanol–water partition coefficient (Wildman–Crippen LogP) is 2.85. The van der Waals surface area contributed by atoms with Crippen LogP contribution < -0.4 is 0 Å². The number of benzene rings is 1. The summed E-state index contributed by atoms with van der Waals surface area (Å²) < 4.78 is 28.8. The summed E-state index contributed by atoms with van der Waals surface area (Å²) in [5.41, 5.74) is -0.00354. The topological polar surface area (TPSA) is 60.4 Å². The summed E-state index contributed by atoms with van der Waals surface area (Å²) in [6.45, 7) is 3.37. The van der Waals surface area contributed by atoms with Crippen LogP contribution in [-0.4, -0.2) is 27.2 Å². The molecule has 0 saturated carbocycles. The maximum Gasteiger partial charge on any atom is 0.339 e. The first-order valence-corrected chi connectivity index (χ1v) is 7.57. The third-order valence-electron chi connectivity index (χ3n) is 2.08. The molecule has 4 nitrogen and oxygen atoms in total. The van der Waals surface area contributed by atoms with Crippen LogP contribution in [0.25, 0.3) is 0 Å². The number of ether oxygens (including phenoxy) is 1. The summed E-state index contributed by atoms with van der Waals surface area (Å²) in [6, 6.07) is 2.74. The Morgan fingerprint density at radius 2 is 2.17 bits per heavy atom. The average molecular weight is 354 g/mol. The van der Waals surface area contributed by atoms with Crippen molar-refractivity contribution in [2.75, 3.05) is 12.9 Å². The van der Waals surface area contributed by atoms with Crippen LogP contribution in [0.4, 0.5) is 0 Å². The van der Waals surface area contributed by atoms with Crippen LogP contribution in [0.1, 0.15) is 10.4 Å². The number of halogens is 2. The van der Waals surface area contributed by atoms with Gasteiger partial charge in [-0.25, -0.2) is 13.2 Å². The number of sulfone groups is 1. The number of hydrogen-bond donors (Lipinski definition) is 0. The molecule has 0 heterocycles. The van der Waals surface area contributed by atoms with Gasteiger partial charge in [0.25, 0.3) is 0 Å². The summed E-state index contributed by atoms with van der Waals surface area (Å²) in [6.07, 6.45) is 1.25. The van der Waals surface area contributed by atoms with E-state index in [4.69, 9.17) is 11.6 Å². The largest absolute Gasteiger partial charge is 0.465 e. The van der Waals surface area contributed by atoms with Crippen molar-refractivity contribution in [2.45, 2.75) is 4.90 Å². The Balaban J connectivity index is 3.52. The van der Waals surface area contributed by atoms with Gasteiger partial charge < -0.3 is 4.74 Å². The van der Waals surface area contributed by atoms with Crippen molar-refractivity contribution in [1.29, 1.82) is 0 Å². The molecule has 1 aromatic carbocycles. The van der Waals surface area contributed by atoms with Crippen molar-refractivity contribution in [3.05, 3.63) is 39.8 Å². The Kier molecular flexibility index (Phi) is 4.95. The van der Waals surface area contributed by atoms with E-state index in [9.17, 15) is 13.2 Å². The Morgan fingerprint density at radius 3 is 2.67 bits per heavy atom. The molecule has 7 heteroatoms. The average Bonchev–Trinajstić information content (AvgIpc) is 2.30. The van der Waals surface area contributed by atoms with Gasteiger partial charge in [0.1, 0.15) is 0 Å². The molecule has 0 aliphatic heterocycles. The number of esters is 1. The highest BCUT2D eigenvalue weighted by molar-refractivity contribution is 9.10. The van der Waals surface area contributed by atoms with Gasteiger partial charge in [0, 0.05) is 4.47 Å². The molecule has 0 amide bonds. The molecular formula is C11H10BrClO4S. The lowest BCUT2D eigenvalue weighted by Gasteiger charge is -2.09. The van der Waals surface area contributed by atoms with Crippen molar-refractivity contribution in [3.63, 3.8) is 0 Å². The van der Waals surface area contributed by atoms with Crippen molar-refractivity contribution < 1.29 is 17.9 Å².